The van der Waals surface area contributed by atoms with Crippen LogP contribution in [0.15, 0.2) is 29.6 Å². The summed E-state index contributed by atoms with van der Waals surface area (Å²) in [6.45, 7) is 4.25. The van der Waals surface area contributed by atoms with Crippen LogP contribution in [0.1, 0.15) is 27.6 Å². The van der Waals surface area contributed by atoms with Crippen LogP contribution >= 0.6 is 22.9 Å². The Morgan fingerprint density at radius 2 is 2.00 bits per heavy atom. The molecule has 3 heteroatoms. The predicted octanol–water partition coefficient (Wildman–Crippen LogP) is 4.33. The third-order valence-electron chi connectivity index (χ3n) is 2.93. The molecular formula is C14H16ClNS. The van der Waals surface area contributed by atoms with Crippen LogP contribution in [-0.2, 0) is 0 Å². The fourth-order valence-electron chi connectivity index (χ4n) is 2.04. The molecular weight excluding hydrogens is 250 g/mol. The molecule has 0 aliphatic heterocycles. The lowest BCUT2D eigenvalue weighted by atomic mass is 9.97. The molecule has 0 saturated carbocycles. The molecule has 0 spiro atoms. The molecule has 1 N–H and O–H groups in total. The number of hydrogen-bond acceptors (Lipinski definition) is 2. The van der Waals surface area contributed by atoms with Crippen molar-refractivity contribution in [3.8, 4) is 0 Å². The van der Waals surface area contributed by atoms with Crippen molar-refractivity contribution in [2.75, 3.05) is 7.05 Å². The minimum absolute atomic E-state index is 0.221. The normalized spacial score (nSPS) is 12.7. The van der Waals surface area contributed by atoms with Gasteiger partial charge in [0.1, 0.15) is 0 Å². The van der Waals surface area contributed by atoms with Crippen molar-refractivity contribution in [2.24, 2.45) is 0 Å². The van der Waals surface area contributed by atoms with Crippen LogP contribution in [0.4, 0.5) is 0 Å². The molecule has 90 valence electrons. The molecule has 0 aliphatic rings. The van der Waals surface area contributed by atoms with Crippen LogP contribution in [0.3, 0.4) is 0 Å². The molecule has 0 fully saturated rings. The molecule has 1 atom stereocenters. The van der Waals surface area contributed by atoms with E-state index in [1.54, 1.807) is 11.3 Å². The fraction of sp³-hybridized carbons (Fsp3) is 0.286. The van der Waals surface area contributed by atoms with E-state index in [2.05, 4.69) is 36.7 Å². The highest BCUT2D eigenvalue weighted by Gasteiger charge is 2.15. The fourth-order valence-corrected chi connectivity index (χ4v) is 2.95. The van der Waals surface area contributed by atoms with Gasteiger partial charge in [-0.05, 0) is 61.2 Å². The van der Waals surface area contributed by atoms with Crippen LogP contribution in [0, 0.1) is 13.8 Å². The Morgan fingerprint density at radius 1 is 1.24 bits per heavy atom. The van der Waals surface area contributed by atoms with Gasteiger partial charge in [-0.25, -0.2) is 0 Å². The van der Waals surface area contributed by atoms with Crippen LogP contribution in [-0.4, -0.2) is 7.05 Å². The summed E-state index contributed by atoms with van der Waals surface area (Å²) in [4.78, 5) is 1.33. The second-order valence-electron chi connectivity index (χ2n) is 4.21. The molecule has 0 saturated heterocycles. The number of nitrogens with one attached hydrogen (secondary N) is 1. The second kappa shape index (κ2) is 5.21. The molecule has 0 radical (unpaired) electrons. The molecule has 2 aromatic rings. The molecule has 1 aromatic carbocycles. The minimum Gasteiger partial charge on any atom is -0.309 e. The van der Waals surface area contributed by atoms with Gasteiger partial charge in [-0.15, -0.1) is 11.3 Å². The van der Waals surface area contributed by atoms with E-state index in [9.17, 15) is 0 Å². The van der Waals surface area contributed by atoms with E-state index in [0.29, 0.717) is 0 Å². The molecule has 2 rings (SSSR count). The van der Waals surface area contributed by atoms with Gasteiger partial charge in [-0.1, -0.05) is 17.7 Å². The zero-order valence-corrected chi connectivity index (χ0v) is 11.8. The monoisotopic (exact) mass is 265 g/mol. The number of thiophene rings is 1. The number of benzene rings is 1. The van der Waals surface area contributed by atoms with E-state index >= 15 is 0 Å². The summed E-state index contributed by atoms with van der Waals surface area (Å²) in [5.41, 5.74) is 3.82. The Hall–Kier alpha value is -0.830. The predicted molar refractivity (Wildman–Crippen MR) is 76.1 cm³/mol. The van der Waals surface area contributed by atoms with Crippen molar-refractivity contribution in [1.82, 2.24) is 5.32 Å². The highest BCUT2D eigenvalue weighted by atomic mass is 35.5. The van der Waals surface area contributed by atoms with Gasteiger partial charge in [0.15, 0.2) is 0 Å². The maximum atomic E-state index is 6.09. The van der Waals surface area contributed by atoms with Crippen LogP contribution in [0.2, 0.25) is 5.02 Å². The van der Waals surface area contributed by atoms with E-state index in [-0.39, 0.29) is 6.04 Å². The summed E-state index contributed by atoms with van der Waals surface area (Å²) in [7, 11) is 1.98. The third-order valence-corrected chi connectivity index (χ3v) is 4.04. The van der Waals surface area contributed by atoms with Gasteiger partial charge in [0.25, 0.3) is 0 Å². The molecule has 0 bridgehead atoms. The van der Waals surface area contributed by atoms with Crippen molar-refractivity contribution in [3.05, 3.63) is 56.2 Å². The summed E-state index contributed by atoms with van der Waals surface area (Å²) >= 11 is 7.87. The summed E-state index contributed by atoms with van der Waals surface area (Å²) in [6.07, 6.45) is 0. The number of hydrogen-bond donors (Lipinski definition) is 1. The van der Waals surface area contributed by atoms with Crippen LogP contribution in [0.5, 0.6) is 0 Å². The highest BCUT2D eigenvalue weighted by Crippen LogP contribution is 2.29. The first-order valence-corrected chi connectivity index (χ1v) is 6.86. The molecule has 1 nitrogen and oxygen atoms in total. The van der Waals surface area contributed by atoms with E-state index in [4.69, 9.17) is 11.6 Å². The Kier molecular flexibility index (Phi) is 3.87. The van der Waals surface area contributed by atoms with E-state index in [1.165, 1.54) is 21.6 Å². The van der Waals surface area contributed by atoms with E-state index in [1.807, 2.05) is 19.2 Å². The molecule has 0 amide bonds. The van der Waals surface area contributed by atoms with E-state index in [0.717, 1.165) is 5.02 Å². The Balaban J connectivity index is 2.45. The molecule has 17 heavy (non-hydrogen) atoms. The Labute approximate surface area is 111 Å². The SMILES string of the molecule is CNC(c1csc(C)c1)c1cc(Cl)ccc1C. The summed E-state index contributed by atoms with van der Waals surface area (Å²) in [6, 6.07) is 8.50. The van der Waals surface area contributed by atoms with Crippen molar-refractivity contribution in [2.45, 2.75) is 19.9 Å². The van der Waals surface area contributed by atoms with Crippen molar-refractivity contribution >= 4 is 22.9 Å². The van der Waals surface area contributed by atoms with Gasteiger partial charge >= 0.3 is 0 Å². The topological polar surface area (TPSA) is 12.0 Å². The quantitative estimate of drug-likeness (QED) is 0.871. The van der Waals surface area contributed by atoms with Gasteiger partial charge in [0, 0.05) is 9.90 Å². The Bertz CT molecular complexity index is 519. The maximum Gasteiger partial charge on any atom is 0.0585 e. The lowest BCUT2D eigenvalue weighted by Gasteiger charge is -2.18. The van der Waals surface area contributed by atoms with Crippen molar-refractivity contribution in [1.29, 1.82) is 0 Å². The lowest BCUT2D eigenvalue weighted by Crippen LogP contribution is -2.18. The van der Waals surface area contributed by atoms with Gasteiger partial charge in [0.2, 0.25) is 0 Å². The summed E-state index contributed by atoms with van der Waals surface area (Å²) < 4.78 is 0. The van der Waals surface area contributed by atoms with Gasteiger partial charge in [-0.3, -0.25) is 0 Å². The summed E-state index contributed by atoms with van der Waals surface area (Å²) in [5.74, 6) is 0. The van der Waals surface area contributed by atoms with E-state index < -0.39 is 0 Å². The average molecular weight is 266 g/mol. The van der Waals surface area contributed by atoms with Crippen LogP contribution in [0.25, 0.3) is 0 Å². The molecule has 1 aromatic heterocycles. The van der Waals surface area contributed by atoms with Crippen molar-refractivity contribution < 1.29 is 0 Å². The third kappa shape index (κ3) is 2.71. The zero-order valence-electron chi connectivity index (χ0n) is 10.3. The van der Waals surface area contributed by atoms with Gasteiger partial charge in [0.05, 0.1) is 6.04 Å². The van der Waals surface area contributed by atoms with Crippen LogP contribution < -0.4 is 5.32 Å². The first-order valence-electron chi connectivity index (χ1n) is 5.60. The van der Waals surface area contributed by atoms with Gasteiger partial charge in [-0.2, -0.15) is 0 Å². The maximum absolute atomic E-state index is 6.09. The lowest BCUT2D eigenvalue weighted by molar-refractivity contribution is 0.690. The second-order valence-corrected chi connectivity index (χ2v) is 5.77. The number of aryl methyl sites for hydroxylation is 2. The number of halogens is 1. The van der Waals surface area contributed by atoms with Gasteiger partial charge < -0.3 is 5.32 Å². The highest BCUT2D eigenvalue weighted by molar-refractivity contribution is 7.10. The molecule has 0 aliphatic carbocycles. The summed E-state index contributed by atoms with van der Waals surface area (Å²) in [5, 5.41) is 6.36. The standard InChI is InChI=1S/C14H16ClNS/c1-9-4-5-12(15)7-13(9)14(16-3)11-6-10(2)17-8-11/h4-8,14,16H,1-3H3. The average Bonchev–Trinajstić information content (AvgIpc) is 2.71. The minimum atomic E-state index is 0.221. The van der Waals surface area contributed by atoms with Crippen molar-refractivity contribution in [3.63, 3.8) is 0 Å². The molecule has 1 unspecified atom stereocenters. The first kappa shape index (κ1) is 12.6. The largest absolute Gasteiger partial charge is 0.309 e. The number of rotatable bonds is 3. The zero-order chi connectivity index (χ0) is 12.4. The smallest absolute Gasteiger partial charge is 0.0585 e. The first-order chi connectivity index (χ1) is 8.11. The molecule has 1 heterocycles. The Morgan fingerprint density at radius 3 is 2.59 bits per heavy atom.